The molecule has 0 bridgehead atoms. The highest BCUT2D eigenvalue weighted by atomic mass is 32.1. The predicted octanol–water partition coefficient (Wildman–Crippen LogP) is -4.47. The molecule has 0 radical (unpaired) electrons. The van der Waals surface area contributed by atoms with Crippen LogP contribution in [0.3, 0.4) is 0 Å². The molecule has 27 nitrogen and oxygen atoms in total. The van der Waals surface area contributed by atoms with Crippen molar-refractivity contribution in [1.29, 1.82) is 0 Å². The molecule has 3 fully saturated rings. The van der Waals surface area contributed by atoms with Gasteiger partial charge in [0, 0.05) is 63.0 Å². The third kappa shape index (κ3) is 18.3. The SMILES string of the molecule is COc1ccc(C[C@@H](CN[C@@H](CCCN=C(N)N)C(=O)O)NC(=O)[C@@H]2CCCN2C(=O)[C@H](CO)NC(=O)CNC(=O)[C@H](Cc2cccs2)NC(=O)[C@@H]2C[C@@H](O)CN2C(=O)[C@@H]2CCCN2C(=O)[C@@H](N)CCCN=C(N)N)cc1. The highest BCUT2D eigenvalue weighted by molar-refractivity contribution is 7.09. The number of aliphatic carboxylic acids is 1. The number of β-amino-alcohol motifs (C(OH)–C–C–N with tert-alkyl or cyclic N) is 1. The van der Waals surface area contributed by atoms with Crippen molar-refractivity contribution in [3.05, 3.63) is 52.2 Å². The summed E-state index contributed by atoms with van der Waals surface area (Å²) in [6.45, 7) is -0.835. The van der Waals surface area contributed by atoms with E-state index in [4.69, 9.17) is 33.4 Å². The van der Waals surface area contributed by atoms with Gasteiger partial charge in [0.25, 0.3) is 0 Å². The number of guanidine groups is 2. The number of carboxylic acids is 1. The van der Waals surface area contributed by atoms with E-state index in [0.29, 0.717) is 42.7 Å². The molecule has 3 aliphatic heterocycles. The molecule has 3 saturated heterocycles. The Morgan fingerprint density at radius 1 is 0.779 bits per heavy atom. The molecule has 0 unspecified atom stereocenters. The van der Waals surface area contributed by atoms with E-state index < -0.39 is 115 Å². The van der Waals surface area contributed by atoms with Crippen LogP contribution in [0, 0.1) is 0 Å². The number of nitrogens with zero attached hydrogens (tertiary/aromatic N) is 5. The molecular formula is C49H75N15O12S. The number of carbonyl (C=O) groups is 8. The van der Waals surface area contributed by atoms with E-state index in [1.165, 1.54) is 33.1 Å². The van der Waals surface area contributed by atoms with E-state index in [2.05, 4.69) is 36.6 Å². The van der Waals surface area contributed by atoms with Gasteiger partial charge in [-0.2, -0.15) is 0 Å². The van der Waals surface area contributed by atoms with Crippen molar-refractivity contribution in [2.45, 2.75) is 125 Å². The molecule has 1 aromatic carbocycles. The Morgan fingerprint density at radius 3 is 2.03 bits per heavy atom. The second kappa shape index (κ2) is 30.0. The number of aliphatic hydroxyl groups is 2. The summed E-state index contributed by atoms with van der Waals surface area (Å²) in [4.78, 5) is 121. The number of thiophene rings is 1. The maximum absolute atomic E-state index is 14.1. The first-order chi connectivity index (χ1) is 36.8. The van der Waals surface area contributed by atoms with Crippen molar-refractivity contribution >= 4 is 70.6 Å². The Balaban J connectivity index is 1.19. The van der Waals surface area contributed by atoms with Crippen LogP contribution in [0.1, 0.15) is 68.2 Å². The fourth-order valence-electron chi connectivity index (χ4n) is 9.59. The molecule has 2 aromatic rings. The van der Waals surface area contributed by atoms with E-state index >= 15 is 0 Å². The van der Waals surface area contributed by atoms with Gasteiger partial charge in [-0.15, -0.1) is 11.3 Å². The van der Waals surface area contributed by atoms with Crippen LogP contribution < -0.4 is 60.0 Å². The summed E-state index contributed by atoms with van der Waals surface area (Å²) in [5, 5.41) is 46.4. The maximum atomic E-state index is 14.1. The van der Waals surface area contributed by atoms with Gasteiger partial charge < -0.3 is 90.0 Å². The van der Waals surface area contributed by atoms with Crippen LogP contribution in [0.5, 0.6) is 5.75 Å². The topological polar surface area (TPSA) is 431 Å². The van der Waals surface area contributed by atoms with Crippen molar-refractivity contribution in [3.63, 3.8) is 0 Å². The number of hydrogen-bond acceptors (Lipinski definition) is 16. The fourth-order valence-corrected chi connectivity index (χ4v) is 10.3. The lowest BCUT2D eigenvalue weighted by atomic mass is 10.0. The minimum atomic E-state index is -1.52. The van der Waals surface area contributed by atoms with Crippen LogP contribution in [0.2, 0.25) is 0 Å². The predicted molar refractivity (Wildman–Crippen MR) is 283 cm³/mol. The summed E-state index contributed by atoms with van der Waals surface area (Å²) >= 11 is 1.31. The lowest BCUT2D eigenvalue weighted by Gasteiger charge is -2.32. The van der Waals surface area contributed by atoms with Crippen molar-refractivity contribution in [3.8, 4) is 5.75 Å². The normalized spacial score (nSPS) is 20.0. The Kier molecular flexibility index (Phi) is 23.6. The number of aliphatic imine (C=N–C) groups is 2. The lowest BCUT2D eigenvalue weighted by Crippen LogP contribution is -2.58. The molecule has 0 aliphatic carbocycles. The Morgan fingerprint density at radius 2 is 1.42 bits per heavy atom. The quantitative estimate of drug-likeness (QED) is 0.0208. The Hall–Kier alpha value is -7.14. The molecule has 3 aliphatic rings. The number of amides is 7. The molecule has 7 amide bonds. The second-order valence-electron chi connectivity index (χ2n) is 19.2. The van der Waals surface area contributed by atoms with Gasteiger partial charge in [0.1, 0.15) is 42.0 Å². The standard InChI is InChI=1S/C49H75N15O12S/c1-76-31-14-12-28(13-15-31)21-29(24-57-34(47(74)75)9-3-17-56-49(53)54)59-42(69)37-10-4-18-62(37)45(72)36(27-65)60-40(67)25-58-41(68)35(23-32-7-6-20-77-32)61-43(70)39-22-30(66)26-64(39)46(73)38-11-5-19-63(38)44(71)33(50)8-2-16-55-48(51)52/h6-7,12-15,20,29-30,33-39,57,65-66H,2-5,8-11,16-19,21-27,50H2,1H3,(H,58,68)(H,59,69)(H,60,67)(H,61,70)(H,74,75)(H4,51,52,55)(H4,53,54,56)/t29-,30+,33-,34-,35-,36-,37-,38-,39-/m0/s1. The van der Waals surface area contributed by atoms with Crippen LogP contribution in [-0.4, -0.2) is 203 Å². The zero-order chi connectivity index (χ0) is 56.2. The van der Waals surface area contributed by atoms with Gasteiger partial charge in [-0.3, -0.25) is 48.3 Å². The second-order valence-corrected chi connectivity index (χ2v) is 20.2. The monoisotopic (exact) mass is 1100 g/mol. The number of aliphatic hydroxyl groups excluding tert-OH is 2. The molecule has 77 heavy (non-hydrogen) atoms. The average molecular weight is 1100 g/mol. The van der Waals surface area contributed by atoms with Crippen molar-refractivity contribution < 1.29 is 58.4 Å². The number of rotatable bonds is 29. The van der Waals surface area contributed by atoms with Gasteiger partial charge in [-0.1, -0.05) is 18.2 Å². The summed E-state index contributed by atoms with van der Waals surface area (Å²) in [5.41, 5.74) is 28.6. The number of likely N-dealkylation sites (tertiary alicyclic amines) is 3. The number of carboxylic acid groups (broad SMARTS) is 1. The van der Waals surface area contributed by atoms with Crippen molar-refractivity contribution in [1.82, 2.24) is 41.3 Å². The highest BCUT2D eigenvalue weighted by Crippen LogP contribution is 2.27. The van der Waals surface area contributed by atoms with Gasteiger partial charge in [-0.25, -0.2) is 0 Å². The molecule has 0 saturated carbocycles. The number of methoxy groups -OCH3 is 1. The van der Waals surface area contributed by atoms with Gasteiger partial charge >= 0.3 is 5.97 Å². The van der Waals surface area contributed by atoms with Crippen LogP contribution in [0.4, 0.5) is 0 Å². The summed E-state index contributed by atoms with van der Waals surface area (Å²) in [6, 6.07) is 2.07. The number of nitrogens with one attached hydrogen (secondary N) is 5. The van der Waals surface area contributed by atoms with Gasteiger partial charge in [0.2, 0.25) is 41.4 Å². The van der Waals surface area contributed by atoms with Crippen LogP contribution in [0.15, 0.2) is 51.8 Å². The Bertz CT molecular complexity index is 2390. The van der Waals surface area contributed by atoms with Crippen molar-refractivity contribution in [2.75, 3.05) is 59.5 Å². The largest absolute Gasteiger partial charge is 0.497 e. The smallest absolute Gasteiger partial charge is 0.320 e. The third-order valence-corrected chi connectivity index (χ3v) is 14.4. The molecule has 424 valence electrons. The lowest BCUT2D eigenvalue weighted by molar-refractivity contribution is -0.147. The summed E-state index contributed by atoms with van der Waals surface area (Å²) < 4.78 is 5.27. The number of benzene rings is 1. The van der Waals surface area contributed by atoms with Crippen molar-refractivity contribution in [2.24, 2.45) is 38.7 Å². The summed E-state index contributed by atoms with van der Waals surface area (Å²) in [6.07, 6.45) is 1.76. The van der Waals surface area contributed by atoms with E-state index in [1.54, 1.807) is 29.6 Å². The minimum Gasteiger partial charge on any atom is -0.497 e. The molecule has 18 N–H and O–H groups in total. The number of hydrogen-bond donors (Lipinski definition) is 13. The molecule has 5 rings (SSSR count). The molecule has 28 heteroatoms. The first kappa shape index (κ1) is 60.7. The first-order valence-corrected chi connectivity index (χ1v) is 26.5. The Labute approximate surface area is 450 Å². The van der Waals surface area contributed by atoms with Gasteiger partial charge in [0.05, 0.1) is 32.4 Å². The third-order valence-electron chi connectivity index (χ3n) is 13.5. The maximum Gasteiger partial charge on any atom is 0.320 e. The molecular weight excluding hydrogens is 1020 g/mol. The highest BCUT2D eigenvalue weighted by Gasteiger charge is 2.46. The zero-order valence-electron chi connectivity index (χ0n) is 43.2. The van der Waals surface area contributed by atoms with Crippen LogP contribution in [0.25, 0.3) is 0 Å². The van der Waals surface area contributed by atoms with E-state index in [-0.39, 0.29) is 89.7 Å². The molecule has 0 spiro atoms. The summed E-state index contributed by atoms with van der Waals surface area (Å²) in [5.74, 6) is -5.39. The number of ether oxygens (including phenoxy) is 1. The number of nitrogens with two attached hydrogens (primary N) is 5. The van der Waals surface area contributed by atoms with Gasteiger partial charge in [0.15, 0.2) is 11.9 Å². The molecule has 1 aromatic heterocycles. The van der Waals surface area contributed by atoms with E-state index in [1.807, 2.05) is 12.1 Å². The van der Waals surface area contributed by atoms with E-state index in [9.17, 15) is 53.7 Å². The molecule has 4 heterocycles. The van der Waals surface area contributed by atoms with Gasteiger partial charge in [-0.05, 0) is 86.9 Å². The minimum absolute atomic E-state index is 0.0138. The average Bonchev–Trinajstić information content (AvgIpc) is 4.27. The fraction of sp³-hybridized carbons (Fsp3) is 0.592. The summed E-state index contributed by atoms with van der Waals surface area (Å²) in [7, 11) is 1.53. The van der Waals surface area contributed by atoms with E-state index in [0.717, 1.165) is 5.56 Å². The zero-order valence-corrected chi connectivity index (χ0v) is 44.0. The first-order valence-electron chi connectivity index (χ1n) is 25.7. The van der Waals surface area contributed by atoms with Crippen LogP contribution >= 0.6 is 11.3 Å². The van der Waals surface area contributed by atoms with Crippen LogP contribution in [-0.2, 0) is 51.2 Å². The number of carbonyl (C=O) groups excluding carboxylic acids is 7. The molecule has 9 atom stereocenters.